The number of hydrogen-bond donors (Lipinski definition) is 3. The summed E-state index contributed by atoms with van der Waals surface area (Å²) in [7, 11) is 1.60. The lowest BCUT2D eigenvalue weighted by Crippen LogP contribution is -2.43. The molecule has 1 aromatic rings. The van der Waals surface area contributed by atoms with Crippen LogP contribution in [0.5, 0.6) is 0 Å². The summed E-state index contributed by atoms with van der Waals surface area (Å²) in [5.74, 6) is 0. The molecule has 2 unspecified atom stereocenters. The first-order valence-corrected chi connectivity index (χ1v) is 5.90. The molecule has 0 aliphatic carbocycles. The number of ether oxygens (including phenoxy) is 1. The molecule has 18 heavy (non-hydrogen) atoms. The summed E-state index contributed by atoms with van der Waals surface area (Å²) in [6.45, 7) is 2.02. The van der Waals surface area contributed by atoms with E-state index in [1.54, 1.807) is 14.0 Å². The van der Waals surface area contributed by atoms with Crippen molar-refractivity contribution in [3.63, 3.8) is 0 Å². The van der Waals surface area contributed by atoms with Gasteiger partial charge in [0.05, 0.1) is 18.8 Å². The quantitative estimate of drug-likeness (QED) is 0.709. The molecule has 0 heterocycles. The summed E-state index contributed by atoms with van der Waals surface area (Å²) in [5.41, 5.74) is 1.01. The third-order valence-corrected chi connectivity index (χ3v) is 2.56. The van der Waals surface area contributed by atoms with Crippen LogP contribution in [0.3, 0.4) is 0 Å². The number of carbonyl (C=O) groups excluding carboxylic acids is 1. The molecule has 0 radical (unpaired) electrons. The number of rotatable bonds is 6. The summed E-state index contributed by atoms with van der Waals surface area (Å²) >= 11 is 0. The Morgan fingerprint density at radius 1 is 1.39 bits per heavy atom. The number of urea groups is 1. The Labute approximate surface area is 107 Å². The van der Waals surface area contributed by atoms with Crippen molar-refractivity contribution in [3.05, 3.63) is 35.9 Å². The molecule has 0 aliphatic heterocycles. The van der Waals surface area contributed by atoms with E-state index in [2.05, 4.69) is 10.6 Å². The minimum Gasteiger partial charge on any atom is -0.394 e. The van der Waals surface area contributed by atoms with E-state index in [-0.39, 0.29) is 24.8 Å². The molecular formula is C13H20N2O3. The second-order valence-corrected chi connectivity index (χ2v) is 4.07. The maximum atomic E-state index is 11.5. The minimum atomic E-state index is -0.311. The normalized spacial score (nSPS) is 13.7. The molecule has 100 valence electrons. The van der Waals surface area contributed by atoms with E-state index in [1.807, 2.05) is 30.3 Å². The van der Waals surface area contributed by atoms with Crippen LogP contribution >= 0.6 is 0 Å². The van der Waals surface area contributed by atoms with E-state index in [0.717, 1.165) is 5.56 Å². The van der Waals surface area contributed by atoms with Crippen molar-refractivity contribution in [2.24, 2.45) is 0 Å². The number of benzene rings is 1. The predicted octanol–water partition coefficient (Wildman–Crippen LogP) is 1.05. The topological polar surface area (TPSA) is 70.6 Å². The fourth-order valence-electron chi connectivity index (χ4n) is 1.51. The Bertz CT molecular complexity index is 357. The lowest BCUT2D eigenvalue weighted by Gasteiger charge is -2.18. The molecule has 2 atom stereocenters. The van der Waals surface area contributed by atoms with Gasteiger partial charge in [-0.2, -0.15) is 0 Å². The minimum absolute atomic E-state index is 0.0835. The summed E-state index contributed by atoms with van der Waals surface area (Å²) < 4.78 is 5.33. The summed E-state index contributed by atoms with van der Waals surface area (Å²) in [6, 6.07) is 9.11. The Morgan fingerprint density at radius 2 is 2.06 bits per heavy atom. The Kier molecular flexibility index (Phi) is 6.18. The van der Waals surface area contributed by atoms with Crippen LogP contribution in [-0.4, -0.2) is 37.4 Å². The van der Waals surface area contributed by atoms with E-state index in [9.17, 15) is 4.79 Å². The van der Waals surface area contributed by atoms with Crippen LogP contribution in [0.2, 0.25) is 0 Å². The first-order chi connectivity index (χ1) is 8.67. The van der Waals surface area contributed by atoms with Gasteiger partial charge in [0.2, 0.25) is 0 Å². The Balaban J connectivity index is 2.43. The van der Waals surface area contributed by atoms with E-state index < -0.39 is 0 Å². The van der Waals surface area contributed by atoms with Crippen molar-refractivity contribution in [1.29, 1.82) is 0 Å². The highest BCUT2D eigenvalue weighted by Crippen LogP contribution is 2.14. The average Bonchev–Trinajstić information content (AvgIpc) is 2.40. The average molecular weight is 252 g/mol. The zero-order valence-corrected chi connectivity index (χ0v) is 10.7. The van der Waals surface area contributed by atoms with Crippen molar-refractivity contribution in [3.8, 4) is 0 Å². The van der Waals surface area contributed by atoms with Gasteiger partial charge in [0, 0.05) is 13.7 Å². The van der Waals surface area contributed by atoms with Crippen LogP contribution in [0, 0.1) is 0 Å². The number of nitrogens with one attached hydrogen (secondary N) is 2. The zero-order valence-electron chi connectivity index (χ0n) is 10.7. The Morgan fingerprint density at radius 3 is 2.61 bits per heavy atom. The van der Waals surface area contributed by atoms with E-state index in [0.29, 0.717) is 6.54 Å². The number of carbonyl (C=O) groups is 1. The number of aliphatic hydroxyl groups excluding tert-OH is 1. The molecule has 0 spiro atoms. The number of hydrogen-bond acceptors (Lipinski definition) is 3. The van der Waals surface area contributed by atoms with Gasteiger partial charge >= 0.3 is 6.03 Å². The van der Waals surface area contributed by atoms with Gasteiger partial charge in [-0.25, -0.2) is 4.79 Å². The van der Waals surface area contributed by atoms with Crippen LogP contribution in [-0.2, 0) is 4.74 Å². The second kappa shape index (κ2) is 7.68. The van der Waals surface area contributed by atoms with Crippen molar-refractivity contribution in [2.75, 3.05) is 20.3 Å². The number of aliphatic hydroxyl groups is 1. The van der Waals surface area contributed by atoms with Crippen molar-refractivity contribution in [1.82, 2.24) is 10.6 Å². The van der Waals surface area contributed by atoms with Gasteiger partial charge in [0.1, 0.15) is 0 Å². The first kappa shape index (κ1) is 14.5. The van der Waals surface area contributed by atoms with Crippen LogP contribution in [0.4, 0.5) is 4.79 Å². The lowest BCUT2D eigenvalue weighted by atomic mass is 10.1. The van der Waals surface area contributed by atoms with Crippen LogP contribution in [0.15, 0.2) is 30.3 Å². The molecule has 0 aromatic heterocycles. The SMILES string of the molecule is COC(CNC(=O)NC(C)CO)c1ccccc1. The second-order valence-electron chi connectivity index (χ2n) is 4.07. The third-order valence-electron chi connectivity index (χ3n) is 2.56. The third kappa shape index (κ3) is 4.73. The van der Waals surface area contributed by atoms with Crippen LogP contribution in [0.25, 0.3) is 0 Å². The zero-order chi connectivity index (χ0) is 13.4. The molecule has 0 saturated heterocycles. The van der Waals surface area contributed by atoms with Gasteiger partial charge in [-0.05, 0) is 12.5 Å². The van der Waals surface area contributed by atoms with Gasteiger partial charge in [-0.15, -0.1) is 0 Å². The van der Waals surface area contributed by atoms with Gasteiger partial charge < -0.3 is 20.5 Å². The molecule has 0 fully saturated rings. The molecule has 1 rings (SSSR count). The molecule has 5 nitrogen and oxygen atoms in total. The monoisotopic (exact) mass is 252 g/mol. The number of methoxy groups -OCH3 is 1. The van der Waals surface area contributed by atoms with Crippen molar-refractivity contribution >= 4 is 6.03 Å². The highest BCUT2D eigenvalue weighted by molar-refractivity contribution is 5.74. The van der Waals surface area contributed by atoms with E-state index >= 15 is 0 Å². The molecule has 0 bridgehead atoms. The van der Waals surface area contributed by atoms with E-state index in [1.165, 1.54) is 0 Å². The largest absolute Gasteiger partial charge is 0.394 e. The van der Waals surface area contributed by atoms with Crippen LogP contribution < -0.4 is 10.6 Å². The van der Waals surface area contributed by atoms with Gasteiger partial charge in [-0.3, -0.25) is 0 Å². The van der Waals surface area contributed by atoms with Gasteiger partial charge in [0.15, 0.2) is 0 Å². The highest BCUT2D eigenvalue weighted by atomic mass is 16.5. The van der Waals surface area contributed by atoms with Crippen molar-refractivity contribution in [2.45, 2.75) is 19.1 Å². The Hall–Kier alpha value is -1.59. The van der Waals surface area contributed by atoms with Crippen LogP contribution in [0.1, 0.15) is 18.6 Å². The molecule has 2 amide bonds. The molecule has 1 aromatic carbocycles. The van der Waals surface area contributed by atoms with Gasteiger partial charge in [0.25, 0.3) is 0 Å². The van der Waals surface area contributed by atoms with E-state index in [4.69, 9.17) is 9.84 Å². The molecule has 3 N–H and O–H groups in total. The molecule has 0 saturated carbocycles. The summed E-state index contributed by atoms with van der Waals surface area (Å²) in [6.07, 6.45) is -0.179. The fraction of sp³-hybridized carbons (Fsp3) is 0.462. The number of amides is 2. The van der Waals surface area contributed by atoms with Gasteiger partial charge in [-0.1, -0.05) is 30.3 Å². The van der Waals surface area contributed by atoms with Crippen molar-refractivity contribution < 1.29 is 14.6 Å². The fourth-order valence-corrected chi connectivity index (χ4v) is 1.51. The highest BCUT2D eigenvalue weighted by Gasteiger charge is 2.12. The molecular weight excluding hydrogens is 232 g/mol. The lowest BCUT2D eigenvalue weighted by molar-refractivity contribution is 0.103. The standard InChI is InChI=1S/C13H20N2O3/c1-10(9-16)15-13(17)14-8-12(18-2)11-6-4-3-5-7-11/h3-7,10,12,16H,8-9H2,1-2H3,(H2,14,15,17). The molecule has 0 aliphatic rings. The maximum absolute atomic E-state index is 11.5. The predicted molar refractivity (Wildman–Crippen MR) is 69.3 cm³/mol. The first-order valence-electron chi connectivity index (χ1n) is 5.90. The maximum Gasteiger partial charge on any atom is 0.315 e. The molecule has 5 heteroatoms. The summed E-state index contributed by atoms with van der Waals surface area (Å²) in [5, 5.41) is 14.1. The smallest absolute Gasteiger partial charge is 0.315 e. The summed E-state index contributed by atoms with van der Waals surface area (Å²) in [4.78, 5) is 11.5.